The zero-order valence-electron chi connectivity index (χ0n) is 13.9. The lowest BCUT2D eigenvalue weighted by Crippen LogP contribution is -2.46. The highest BCUT2D eigenvalue weighted by Gasteiger charge is 2.25. The summed E-state index contributed by atoms with van der Waals surface area (Å²) < 4.78 is 0. The van der Waals surface area contributed by atoms with Gasteiger partial charge in [0.2, 0.25) is 0 Å². The van der Waals surface area contributed by atoms with E-state index in [4.69, 9.17) is 5.73 Å². The van der Waals surface area contributed by atoms with E-state index in [-0.39, 0.29) is 0 Å². The molecule has 20 heavy (non-hydrogen) atoms. The van der Waals surface area contributed by atoms with Gasteiger partial charge in [0.1, 0.15) is 0 Å². The second kappa shape index (κ2) is 9.22. The monoisotopic (exact) mass is 282 g/mol. The van der Waals surface area contributed by atoms with Gasteiger partial charge in [-0.2, -0.15) is 0 Å². The van der Waals surface area contributed by atoms with Crippen LogP contribution < -0.4 is 11.1 Å². The van der Waals surface area contributed by atoms with Gasteiger partial charge in [-0.05, 0) is 44.2 Å². The molecule has 0 spiro atoms. The summed E-state index contributed by atoms with van der Waals surface area (Å²) in [5.74, 6) is 2.11. The molecule has 0 aromatic heterocycles. The summed E-state index contributed by atoms with van der Waals surface area (Å²) in [6.45, 7) is 13.3. The maximum Gasteiger partial charge on any atom is 0.188 e. The molecule has 0 aromatic carbocycles. The number of rotatable bonds is 7. The van der Waals surface area contributed by atoms with Crippen molar-refractivity contribution in [3.05, 3.63) is 0 Å². The van der Waals surface area contributed by atoms with Gasteiger partial charge in [0.05, 0.1) is 6.54 Å². The Morgan fingerprint density at radius 3 is 2.55 bits per heavy atom. The Bertz CT molecular complexity index is 280. The quantitative estimate of drug-likeness (QED) is 0.428. The second-order valence-corrected chi connectivity index (χ2v) is 6.54. The molecule has 0 aromatic rings. The van der Waals surface area contributed by atoms with Crippen LogP contribution in [0.25, 0.3) is 0 Å². The standard InChI is InChI=1S/C16H34N4/c1-5-6-9-18-16(17)19-12-15(13(2)3)20-10-7-14(4)8-11-20/h13-15H,5-12H2,1-4H3,(H3,17,18,19). The van der Waals surface area contributed by atoms with Crippen molar-refractivity contribution in [2.45, 2.75) is 59.4 Å². The minimum absolute atomic E-state index is 0.522. The molecule has 1 saturated heterocycles. The first kappa shape index (κ1) is 17.3. The van der Waals surface area contributed by atoms with Crippen LogP contribution in [0.2, 0.25) is 0 Å². The Labute approximate surface area is 125 Å². The van der Waals surface area contributed by atoms with Crippen LogP contribution >= 0.6 is 0 Å². The molecule has 118 valence electrons. The van der Waals surface area contributed by atoms with E-state index in [0.29, 0.717) is 17.9 Å². The molecule has 1 unspecified atom stereocenters. The average molecular weight is 282 g/mol. The number of hydrogen-bond donors (Lipinski definition) is 2. The molecule has 3 N–H and O–H groups in total. The summed E-state index contributed by atoms with van der Waals surface area (Å²) in [5, 5.41) is 3.20. The zero-order valence-corrected chi connectivity index (χ0v) is 13.9. The molecule has 0 bridgehead atoms. The van der Waals surface area contributed by atoms with E-state index in [1.54, 1.807) is 0 Å². The first-order valence-electron chi connectivity index (χ1n) is 8.32. The SMILES string of the molecule is CCCCNC(N)=NCC(C(C)C)N1CCC(C)CC1. The van der Waals surface area contributed by atoms with Crippen molar-refractivity contribution < 1.29 is 0 Å². The molecule has 0 amide bonds. The van der Waals surface area contributed by atoms with Gasteiger partial charge in [0.25, 0.3) is 0 Å². The minimum Gasteiger partial charge on any atom is -0.370 e. The maximum absolute atomic E-state index is 5.93. The van der Waals surface area contributed by atoms with Crippen LogP contribution in [0.4, 0.5) is 0 Å². The lowest BCUT2D eigenvalue weighted by Gasteiger charge is -2.38. The third kappa shape index (κ3) is 6.12. The van der Waals surface area contributed by atoms with E-state index < -0.39 is 0 Å². The fourth-order valence-electron chi connectivity index (χ4n) is 2.75. The van der Waals surface area contributed by atoms with Crippen molar-refractivity contribution >= 4 is 5.96 Å². The number of nitrogens with one attached hydrogen (secondary N) is 1. The number of piperidine rings is 1. The van der Waals surface area contributed by atoms with Crippen molar-refractivity contribution in [3.8, 4) is 0 Å². The smallest absolute Gasteiger partial charge is 0.188 e. The lowest BCUT2D eigenvalue weighted by molar-refractivity contribution is 0.113. The number of nitrogens with two attached hydrogens (primary N) is 1. The maximum atomic E-state index is 5.93. The minimum atomic E-state index is 0.522. The fraction of sp³-hybridized carbons (Fsp3) is 0.938. The zero-order chi connectivity index (χ0) is 15.0. The second-order valence-electron chi connectivity index (χ2n) is 6.54. The van der Waals surface area contributed by atoms with Crippen LogP contribution in [-0.4, -0.2) is 43.1 Å². The first-order chi connectivity index (χ1) is 9.54. The number of aliphatic imine (C=N–C) groups is 1. The van der Waals surface area contributed by atoms with Gasteiger partial charge in [-0.3, -0.25) is 9.89 Å². The molecular weight excluding hydrogens is 248 g/mol. The Hall–Kier alpha value is -0.770. The summed E-state index contributed by atoms with van der Waals surface area (Å²) in [5.41, 5.74) is 5.93. The number of nitrogens with zero attached hydrogens (tertiary/aromatic N) is 2. The molecule has 1 aliphatic rings. The summed E-state index contributed by atoms with van der Waals surface area (Å²) >= 11 is 0. The molecule has 1 aliphatic heterocycles. The van der Waals surface area contributed by atoms with Gasteiger partial charge in [0, 0.05) is 12.6 Å². The molecular formula is C16H34N4. The molecule has 1 atom stereocenters. The molecule has 1 rings (SSSR count). The number of unbranched alkanes of at least 4 members (excludes halogenated alkanes) is 1. The number of guanidine groups is 1. The highest BCUT2D eigenvalue weighted by molar-refractivity contribution is 5.77. The predicted molar refractivity (Wildman–Crippen MR) is 88.0 cm³/mol. The van der Waals surface area contributed by atoms with Crippen LogP contribution in [0.15, 0.2) is 4.99 Å². The number of hydrogen-bond acceptors (Lipinski definition) is 2. The van der Waals surface area contributed by atoms with Crippen molar-refractivity contribution in [2.24, 2.45) is 22.6 Å². The third-order valence-corrected chi connectivity index (χ3v) is 4.34. The van der Waals surface area contributed by atoms with E-state index in [9.17, 15) is 0 Å². The summed E-state index contributed by atoms with van der Waals surface area (Å²) in [4.78, 5) is 7.16. The fourth-order valence-corrected chi connectivity index (χ4v) is 2.75. The van der Waals surface area contributed by atoms with E-state index in [0.717, 1.165) is 25.4 Å². The molecule has 0 saturated carbocycles. The van der Waals surface area contributed by atoms with E-state index in [1.807, 2.05) is 0 Å². The van der Waals surface area contributed by atoms with Crippen molar-refractivity contribution in [1.82, 2.24) is 10.2 Å². The molecule has 0 aliphatic carbocycles. The van der Waals surface area contributed by atoms with Crippen LogP contribution in [0.5, 0.6) is 0 Å². The summed E-state index contributed by atoms with van der Waals surface area (Å²) in [6, 6.07) is 0.522. The van der Waals surface area contributed by atoms with Crippen LogP contribution in [-0.2, 0) is 0 Å². The van der Waals surface area contributed by atoms with Crippen molar-refractivity contribution in [1.29, 1.82) is 0 Å². The Morgan fingerprint density at radius 1 is 1.35 bits per heavy atom. The molecule has 0 radical (unpaired) electrons. The largest absolute Gasteiger partial charge is 0.370 e. The van der Waals surface area contributed by atoms with Gasteiger partial charge in [-0.25, -0.2) is 0 Å². The van der Waals surface area contributed by atoms with Crippen LogP contribution in [0.3, 0.4) is 0 Å². The van der Waals surface area contributed by atoms with E-state index in [2.05, 4.69) is 42.9 Å². The van der Waals surface area contributed by atoms with Gasteiger partial charge in [-0.1, -0.05) is 34.1 Å². The third-order valence-electron chi connectivity index (χ3n) is 4.34. The normalized spacial score (nSPS) is 20.4. The topological polar surface area (TPSA) is 53.6 Å². The van der Waals surface area contributed by atoms with Gasteiger partial charge >= 0.3 is 0 Å². The van der Waals surface area contributed by atoms with Crippen molar-refractivity contribution in [2.75, 3.05) is 26.2 Å². The molecule has 1 heterocycles. The highest BCUT2D eigenvalue weighted by atomic mass is 15.2. The summed E-state index contributed by atoms with van der Waals surface area (Å²) in [6.07, 6.45) is 4.96. The predicted octanol–water partition coefficient (Wildman–Crippen LogP) is 2.45. The highest BCUT2D eigenvalue weighted by Crippen LogP contribution is 2.21. The van der Waals surface area contributed by atoms with E-state index in [1.165, 1.54) is 32.4 Å². The van der Waals surface area contributed by atoms with Crippen molar-refractivity contribution in [3.63, 3.8) is 0 Å². The van der Waals surface area contributed by atoms with E-state index >= 15 is 0 Å². The lowest BCUT2D eigenvalue weighted by atomic mass is 9.94. The van der Waals surface area contributed by atoms with Crippen LogP contribution in [0.1, 0.15) is 53.4 Å². The first-order valence-corrected chi connectivity index (χ1v) is 8.32. The van der Waals surface area contributed by atoms with Gasteiger partial charge in [-0.15, -0.1) is 0 Å². The Morgan fingerprint density at radius 2 is 2.00 bits per heavy atom. The van der Waals surface area contributed by atoms with Gasteiger partial charge < -0.3 is 11.1 Å². The van der Waals surface area contributed by atoms with Crippen LogP contribution in [0, 0.1) is 11.8 Å². The summed E-state index contributed by atoms with van der Waals surface area (Å²) in [7, 11) is 0. The Balaban J connectivity index is 2.44. The van der Waals surface area contributed by atoms with Gasteiger partial charge in [0.15, 0.2) is 5.96 Å². The molecule has 1 fully saturated rings. The Kier molecular flexibility index (Phi) is 7.97. The number of likely N-dealkylation sites (tertiary alicyclic amines) is 1. The molecule has 4 nitrogen and oxygen atoms in total. The average Bonchev–Trinajstić information content (AvgIpc) is 2.41. The molecule has 4 heteroatoms.